The molecule has 0 atom stereocenters. The summed E-state index contributed by atoms with van der Waals surface area (Å²) in [5.74, 6) is -0.299. The molecule has 3 aromatic rings. The van der Waals surface area contributed by atoms with Crippen LogP contribution in [0.4, 0.5) is 0 Å². The molecule has 0 saturated heterocycles. The van der Waals surface area contributed by atoms with Gasteiger partial charge in [-0.05, 0) is 49.4 Å². The number of aromatic nitrogens is 2. The van der Waals surface area contributed by atoms with Gasteiger partial charge >= 0.3 is 5.97 Å². The van der Waals surface area contributed by atoms with Crippen LogP contribution in [-0.2, 0) is 13.0 Å². The summed E-state index contributed by atoms with van der Waals surface area (Å²) >= 11 is 0. The Morgan fingerprint density at radius 1 is 1.29 bits per heavy atom. The number of carboxylic acids is 1. The van der Waals surface area contributed by atoms with E-state index in [0.717, 1.165) is 27.7 Å². The molecule has 0 bridgehead atoms. The maximum absolute atomic E-state index is 12.5. The summed E-state index contributed by atoms with van der Waals surface area (Å²) in [6.45, 7) is 5.94. The summed E-state index contributed by atoms with van der Waals surface area (Å²) in [5, 5.41) is 13.9. The first-order valence-electron chi connectivity index (χ1n) is 7.74. The summed E-state index contributed by atoms with van der Waals surface area (Å²) in [6, 6.07) is 6.37. The number of fused-ring (bicyclic) bond motifs is 1. The number of benzene rings is 1. The van der Waals surface area contributed by atoms with Crippen LogP contribution in [0.15, 0.2) is 33.6 Å². The van der Waals surface area contributed by atoms with Crippen LogP contribution in [0.25, 0.3) is 10.9 Å². The molecule has 0 fully saturated rings. The van der Waals surface area contributed by atoms with E-state index in [-0.39, 0.29) is 11.1 Å². The molecule has 3 rings (SSSR count). The van der Waals surface area contributed by atoms with E-state index in [1.165, 1.54) is 6.07 Å². The molecule has 124 valence electrons. The average molecular weight is 326 g/mol. The third-order valence-corrected chi connectivity index (χ3v) is 4.29. The van der Waals surface area contributed by atoms with Crippen LogP contribution in [0.1, 0.15) is 39.9 Å². The van der Waals surface area contributed by atoms with Crippen LogP contribution in [0.5, 0.6) is 0 Å². The topological polar surface area (TPSA) is 85.3 Å². The third kappa shape index (κ3) is 2.60. The van der Waals surface area contributed by atoms with Crippen molar-refractivity contribution in [3.63, 3.8) is 0 Å². The Balaban J connectivity index is 2.29. The molecule has 24 heavy (non-hydrogen) atoms. The normalized spacial score (nSPS) is 11.1. The van der Waals surface area contributed by atoms with E-state index in [0.29, 0.717) is 18.7 Å². The fraction of sp³-hybridized carbons (Fsp3) is 0.278. The Bertz CT molecular complexity index is 979. The predicted molar refractivity (Wildman–Crippen MR) is 89.6 cm³/mol. The van der Waals surface area contributed by atoms with Crippen molar-refractivity contribution in [3.05, 3.63) is 62.8 Å². The number of rotatable bonds is 4. The number of aromatic carboxylic acids is 1. The van der Waals surface area contributed by atoms with Crippen LogP contribution in [-0.4, -0.2) is 20.8 Å². The first-order chi connectivity index (χ1) is 11.4. The minimum atomic E-state index is -0.977. The molecule has 0 radical (unpaired) electrons. The zero-order valence-corrected chi connectivity index (χ0v) is 13.8. The Kier molecular flexibility index (Phi) is 3.97. The van der Waals surface area contributed by atoms with Gasteiger partial charge in [-0.3, -0.25) is 4.79 Å². The maximum atomic E-state index is 12.5. The molecular formula is C18H18N2O4. The van der Waals surface area contributed by atoms with E-state index < -0.39 is 5.97 Å². The highest BCUT2D eigenvalue weighted by Crippen LogP contribution is 2.23. The van der Waals surface area contributed by atoms with E-state index >= 15 is 0 Å². The summed E-state index contributed by atoms with van der Waals surface area (Å²) in [6.07, 6.45) is 0.628. The van der Waals surface area contributed by atoms with Crippen molar-refractivity contribution in [1.82, 2.24) is 9.72 Å². The van der Waals surface area contributed by atoms with Gasteiger partial charge in [0.05, 0.1) is 23.3 Å². The molecular weight excluding hydrogens is 308 g/mol. The van der Waals surface area contributed by atoms with E-state index in [9.17, 15) is 14.7 Å². The number of carboxylic acid groups (broad SMARTS) is 1. The van der Waals surface area contributed by atoms with Gasteiger partial charge in [-0.1, -0.05) is 12.1 Å². The second kappa shape index (κ2) is 5.96. The number of hydrogen-bond acceptors (Lipinski definition) is 4. The van der Waals surface area contributed by atoms with Gasteiger partial charge in [0.15, 0.2) is 0 Å². The zero-order chi connectivity index (χ0) is 17.4. The molecule has 0 aliphatic rings. The van der Waals surface area contributed by atoms with Crippen LogP contribution in [0.3, 0.4) is 0 Å². The number of nitrogens with zero attached hydrogens (tertiary/aromatic N) is 2. The SMILES string of the molecule is CCc1cc(C(=O)O)cc2ccc(=O)n(Cc3c(C)noc3C)c12. The van der Waals surface area contributed by atoms with Crippen LogP contribution in [0, 0.1) is 13.8 Å². The van der Waals surface area contributed by atoms with Crippen molar-refractivity contribution in [2.45, 2.75) is 33.7 Å². The molecule has 0 amide bonds. The lowest BCUT2D eigenvalue weighted by Gasteiger charge is -2.14. The lowest BCUT2D eigenvalue weighted by molar-refractivity contribution is 0.0697. The second-order valence-electron chi connectivity index (χ2n) is 5.79. The minimum absolute atomic E-state index is 0.139. The minimum Gasteiger partial charge on any atom is -0.478 e. The summed E-state index contributed by atoms with van der Waals surface area (Å²) in [4.78, 5) is 23.8. The Hall–Kier alpha value is -2.89. The van der Waals surface area contributed by atoms with Gasteiger partial charge in [0, 0.05) is 11.6 Å². The largest absolute Gasteiger partial charge is 0.478 e. The van der Waals surface area contributed by atoms with Crippen molar-refractivity contribution < 1.29 is 14.4 Å². The lowest BCUT2D eigenvalue weighted by Crippen LogP contribution is -2.21. The summed E-state index contributed by atoms with van der Waals surface area (Å²) in [7, 11) is 0. The molecule has 0 aliphatic carbocycles. The van der Waals surface area contributed by atoms with Crippen molar-refractivity contribution in [3.8, 4) is 0 Å². The fourth-order valence-electron chi connectivity index (χ4n) is 2.97. The Labute approximate surface area is 138 Å². The molecule has 0 saturated carbocycles. The van der Waals surface area contributed by atoms with E-state index in [2.05, 4.69) is 5.16 Å². The van der Waals surface area contributed by atoms with Crippen molar-refractivity contribution in [2.24, 2.45) is 0 Å². The van der Waals surface area contributed by atoms with Crippen molar-refractivity contribution >= 4 is 16.9 Å². The molecule has 0 unspecified atom stereocenters. The third-order valence-electron chi connectivity index (χ3n) is 4.29. The monoisotopic (exact) mass is 326 g/mol. The molecule has 2 aromatic heterocycles. The van der Waals surface area contributed by atoms with Crippen LogP contribution < -0.4 is 5.56 Å². The van der Waals surface area contributed by atoms with Crippen molar-refractivity contribution in [2.75, 3.05) is 0 Å². The number of carbonyl (C=O) groups is 1. The fourth-order valence-corrected chi connectivity index (χ4v) is 2.97. The standard InChI is InChI=1S/C18H18N2O4/c1-4-12-7-14(18(22)23)8-13-5-6-16(21)20(17(12)13)9-15-10(2)19-24-11(15)3/h5-8H,4,9H2,1-3H3,(H,22,23). The highest BCUT2D eigenvalue weighted by molar-refractivity contribution is 5.95. The van der Waals surface area contributed by atoms with Gasteiger partial charge in [0.2, 0.25) is 0 Å². The molecule has 6 nitrogen and oxygen atoms in total. The summed E-state index contributed by atoms with van der Waals surface area (Å²) < 4.78 is 6.84. The first kappa shape index (κ1) is 16.0. The van der Waals surface area contributed by atoms with Crippen LogP contribution >= 0.6 is 0 Å². The smallest absolute Gasteiger partial charge is 0.335 e. The van der Waals surface area contributed by atoms with E-state index in [4.69, 9.17) is 4.52 Å². The second-order valence-corrected chi connectivity index (χ2v) is 5.79. The van der Waals surface area contributed by atoms with Crippen LogP contribution in [0.2, 0.25) is 0 Å². The predicted octanol–water partition coefficient (Wildman–Crippen LogP) is 2.92. The quantitative estimate of drug-likeness (QED) is 0.797. The maximum Gasteiger partial charge on any atom is 0.335 e. The van der Waals surface area contributed by atoms with E-state index in [1.807, 2.05) is 20.8 Å². The highest BCUT2D eigenvalue weighted by atomic mass is 16.5. The highest BCUT2D eigenvalue weighted by Gasteiger charge is 2.15. The average Bonchev–Trinajstić information content (AvgIpc) is 2.87. The Morgan fingerprint density at radius 2 is 2.04 bits per heavy atom. The lowest BCUT2D eigenvalue weighted by atomic mass is 10.0. The number of aryl methyl sites for hydroxylation is 3. The number of pyridine rings is 1. The van der Waals surface area contributed by atoms with Gasteiger partial charge in [-0.25, -0.2) is 4.79 Å². The summed E-state index contributed by atoms with van der Waals surface area (Å²) in [5.41, 5.74) is 3.29. The van der Waals surface area contributed by atoms with Crippen molar-refractivity contribution in [1.29, 1.82) is 0 Å². The molecule has 0 spiro atoms. The molecule has 2 heterocycles. The number of hydrogen-bond donors (Lipinski definition) is 1. The Morgan fingerprint density at radius 3 is 2.62 bits per heavy atom. The van der Waals surface area contributed by atoms with Gasteiger partial charge < -0.3 is 14.2 Å². The van der Waals surface area contributed by atoms with E-state index in [1.54, 1.807) is 22.8 Å². The molecule has 1 aromatic carbocycles. The molecule has 0 aliphatic heterocycles. The van der Waals surface area contributed by atoms with Gasteiger partial charge in [-0.15, -0.1) is 0 Å². The van der Waals surface area contributed by atoms with Gasteiger partial charge in [0.1, 0.15) is 5.76 Å². The molecule has 1 N–H and O–H groups in total. The first-order valence-corrected chi connectivity index (χ1v) is 7.74. The van der Waals surface area contributed by atoms with Gasteiger partial charge in [-0.2, -0.15) is 0 Å². The zero-order valence-electron chi connectivity index (χ0n) is 13.8. The molecule has 6 heteroatoms. The van der Waals surface area contributed by atoms with Gasteiger partial charge in [0.25, 0.3) is 5.56 Å².